The molecule has 1 aromatic carbocycles. The first-order valence-corrected chi connectivity index (χ1v) is 5.20. The second-order valence-corrected chi connectivity index (χ2v) is 3.96. The van der Waals surface area contributed by atoms with Gasteiger partial charge in [0.25, 0.3) is 0 Å². The molecule has 1 aromatic rings. The van der Waals surface area contributed by atoms with E-state index in [0.29, 0.717) is 6.54 Å². The van der Waals surface area contributed by atoms with Crippen LogP contribution in [0.4, 0.5) is 4.39 Å². The third-order valence-electron chi connectivity index (χ3n) is 2.27. The Labute approximate surface area is 94.3 Å². The molecule has 1 amide bonds. The Hall–Kier alpha value is -1.42. The summed E-state index contributed by atoms with van der Waals surface area (Å²) in [6.07, 6.45) is 0. The van der Waals surface area contributed by atoms with Crippen molar-refractivity contribution in [2.45, 2.75) is 27.0 Å². The van der Waals surface area contributed by atoms with Crippen molar-refractivity contribution in [2.75, 3.05) is 0 Å². The van der Waals surface area contributed by atoms with Gasteiger partial charge in [0.05, 0.1) is 6.61 Å². The Kier molecular flexibility index (Phi) is 4.43. The molecular formula is C12H16FNO2. The lowest BCUT2D eigenvalue weighted by molar-refractivity contribution is -0.124. The minimum atomic E-state index is -0.429. The van der Waals surface area contributed by atoms with Crippen molar-refractivity contribution in [1.29, 1.82) is 0 Å². The maximum Gasteiger partial charge on any atom is 0.222 e. The lowest BCUT2D eigenvalue weighted by atomic mass is 10.1. The molecule has 4 heteroatoms. The fourth-order valence-electron chi connectivity index (χ4n) is 1.25. The second-order valence-electron chi connectivity index (χ2n) is 3.96. The smallest absolute Gasteiger partial charge is 0.222 e. The number of hydrogen-bond donors (Lipinski definition) is 2. The summed E-state index contributed by atoms with van der Waals surface area (Å²) < 4.78 is 13.0. The number of hydrogen-bond acceptors (Lipinski definition) is 2. The van der Waals surface area contributed by atoms with Gasteiger partial charge in [0.15, 0.2) is 0 Å². The predicted molar refractivity (Wildman–Crippen MR) is 59.0 cm³/mol. The number of halogens is 1. The van der Waals surface area contributed by atoms with E-state index in [1.807, 2.05) is 0 Å². The molecule has 0 radical (unpaired) electrons. The molecule has 88 valence electrons. The van der Waals surface area contributed by atoms with Crippen molar-refractivity contribution < 1.29 is 14.3 Å². The normalized spacial score (nSPS) is 10.6. The molecule has 0 heterocycles. The van der Waals surface area contributed by atoms with E-state index in [0.717, 1.165) is 5.56 Å². The summed E-state index contributed by atoms with van der Waals surface area (Å²) in [5, 5.41) is 11.6. The molecule has 0 atom stereocenters. The molecule has 0 aliphatic carbocycles. The van der Waals surface area contributed by atoms with Gasteiger partial charge >= 0.3 is 0 Å². The highest BCUT2D eigenvalue weighted by atomic mass is 19.1. The maximum absolute atomic E-state index is 13.0. The van der Waals surface area contributed by atoms with E-state index in [9.17, 15) is 9.18 Å². The van der Waals surface area contributed by atoms with Crippen LogP contribution in [-0.4, -0.2) is 11.0 Å². The molecule has 0 saturated heterocycles. The molecule has 2 N–H and O–H groups in total. The zero-order chi connectivity index (χ0) is 12.1. The Morgan fingerprint density at radius 3 is 2.75 bits per heavy atom. The van der Waals surface area contributed by atoms with Crippen LogP contribution in [-0.2, 0) is 17.9 Å². The maximum atomic E-state index is 13.0. The quantitative estimate of drug-likeness (QED) is 0.817. The Balaban J connectivity index is 2.64. The van der Waals surface area contributed by atoms with E-state index in [1.165, 1.54) is 6.07 Å². The van der Waals surface area contributed by atoms with Crippen LogP contribution in [0.25, 0.3) is 0 Å². The van der Waals surface area contributed by atoms with Gasteiger partial charge in [-0.3, -0.25) is 4.79 Å². The standard InChI is InChI=1S/C12H16FNO2/c1-8(2)12(16)14-6-9-3-4-11(13)10(5-9)7-15/h3-5,8,15H,6-7H2,1-2H3,(H,14,16). The molecular weight excluding hydrogens is 209 g/mol. The summed E-state index contributed by atoms with van der Waals surface area (Å²) in [5.41, 5.74) is 1.02. The first kappa shape index (κ1) is 12.6. The Morgan fingerprint density at radius 1 is 1.50 bits per heavy atom. The zero-order valence-electron chi connectivity index (χ0n) is 9.46. The van der Waals surface area contributed by atoms with Gasteiger partial charge in [-0.05, 0) is 17.7 Å². The van der Waals surface area contributed by atoms with Gasteiger partial charge in [-0.2, -0.15) is 0 Å². The number of carbonyl (C=O) groups is 1. The van der Waals surface area contributed by atoms with E-state index in [4.69, 9.17) is 5.11 Å². The van der Waals surface area contributed by atoms with Gasteiger partial charge in [-0.15, -0.1) is 0 Å². The molecule has 0 bridgehead atoms. The van der Waals surface area contributed by atoms with Crippen molar-refractivity contribution in [1.82, 2.24) is 5.32 Å². The van der Waals surface area contributed by atoms with Gasteiger partial charge in [-0.25, -0.2) is 4.39 Å². The van der Waals surface area contributed by atoms with E-state index in [1.54, 1.807) is 26.0 Å². The summed E-state index contributed by atoms with van der Waals surface area (Å²) in [5.74, 6) is -0.547. The minimum Gasteiger partial charge on any atom is -0.392 e. The monoisotopic (exact) mass is 225 g/mol. The van der Waals surface area contributed by atoms with Crippen LogP contribution < -0.4 is 5.32 Å². The van der Waals surface area contributed by atoms with Crippen molar-refractivity contribution in [3.05, 3.63) is 35.1 Å². The van der Waals surface area contributed by atoms with Crippen LogP contribution in [0.2, 0.25) is 0 Å². The van der Waals surface area contributed by atoms with Crippen LogP contribution in [0.5, 0.6) is 0 Å². The number of rotatable bonds is 4. The fourth-order valence-corrected chi connectivity index (χ4v) is 1.25. The number of nitrogens with one attached hydrogen (secondary N) is 1. The number of aliphatic hydroxyl groups excluding tert-OH is 1. The van der Waals surface area contributed by atoms with Crippen LogP contribution in [0.3, 0.4) is 0 Å². The lowest BCUT2D eigenvalue weighted by Gasteiger charge is -2.08. The highest BCUT2D eigenvalue weighted by Crippen LogP contribution is 2.10. The van der Waals surface area contributed by atoms with E-state index in [-0.39, 0.29) is 24.0 Å². The molecule has 16 heavy (non-hydrogen) atoms. The van der Waals surface area contributed by atoms with Gasteiger partial charge in [0, 0.05) is 18.0 Å². The van der Waals surface area contributed by atoms with Crippen LogP contribution >= 0.6 is 0 Å². The SMILES string of the molecule is CC(C)C(=O)NCc1ccc(F)c(CO)c1. The number of aliphatic hydroxyl groups is 1. The molecule has 3 nitrogen and oxygen atoms in total. The van der Waals surface area contributed by atoms with Gasteiger partial charge in [-0.1, -0.05) is 19.9 Å². The summed E-state index contributed by atoms with van der Waals surface area (Å²) in [6, 6.07) is 4.44. The van der Waals surface area contributed by atoms with E-state index < -0.39 is 5.82 Å². The summed E-state index contributed by atoms with van der Waals surface area (Å²) >= 11 is 0. The molecule has 0 fully saturated rings. The summed E-state index contributed by atoms with van der Waals surface area (Å²) in [6.45, 7) is 3.63. The third-order valence-corrected chi connectivity index (χ3v) is 2.27. The Morgan fingerprint density at radius 2 is 2.19 bits per heavy atom. The largest absolute Gasteiger partial charge is 0.392 e. The molecule has 0 unspecified atom stereocenters. The number of benzene rings is 1. The molecule has 0 saturated carbocycles. The van der Waals surface area contributed by atoms with Crippen molar-refractivity contribution >= 4 is 5.91 Å². The highest BCUT2D eigenvalue weighted by molar-refractivity contribution is 5.77. The van der Waals surface area contributed by atoms with Crippen LogP contribution in [0.1, 0.15) is 25.0 Å². The van der Waals surface area contributed by atoms with Crippen LogP contribution in [0.15, 0.2) is 18.2 Å². The van der Waals surface area contributed by atoms with Crippen LogP contribution in [0, 0.1) is 11.7 Å². The Bertz CT molecular complexity index is 377. The highest BCUT2D eigenvalue weighted by Gasteiger charge is 2.07. The molecule has 0 spiro atoms. The summed E-state index contributed by atoms with van der Waals surface area (Å²) in [4.78, 5) is 11.3. The molecule has 0 aliphatic rings. The van der Waals surface area contributed by atoms with Crippen molar-refractivity contribution in [3.63, 3.8) is 0 Å². The van der Waals surface area contributed by atoms with Gasteiger partial charge < -0.3 is 10.4 Å². The van der Waals surface area contributed by atoms with Gasteiger partial charge in [0.2, 0.25) is 5.91 Å². The van der Waals surface area contributed by atoms with E-state index >= 15 is 0 Å². The second kappa shape index (κ2) is 5.61. The molecule has 0 aliphatic heterocycles. The topological polar surface area (TPSA) is 49.3 Å². The first-order valence-electron chi connectivity index (χ1n) is 5.20. The summed E-state index contributed by atoms with van der Waals surface area (Å²) in [7, 11) is 0. The number of amides is 1. The third kappa shape index (κ3) is 3.31. The predicted octanol–water partition coefficient (Wildman–Crippen LogP) is 1.59. The number of carbonyl (C=O) groups excluding carboxylic acids is 1. The van der Waals surface area contributed by atoms with E-state index in [2.05, 4.69) is 5.32 Å². The average molecular weight is 225 g/mol. The fraction of sp³-hybridized carbons (Fsp3) is 0.417. The van der Waals surface area contributed by atoms with Crippen molar-refractivity contribution in [2.24, 2.45) is 5.92 Å². The average Bonchev–Trinajstić information content (AvgIpc) is 2.27. The van der Waals surface area contributed by atoms with Crippen molar-refractivity contribution in [3.8, 4) is 0 Å². The van der Waals surface area contributed by atoms with Gasteiger partial charge in [0.1, 0.15) is 5.82 Å². The zero-order valence-corrected chi connectivity index (χ0v) is 9.46. The molecule has 0 aromatic heterocycles. The minimum absolute atomic E-state index is 0.0464. The molecule has 1 rings (SSSR count). The first-order chi connectivity index (χ1) is 7.54. The lowest BCUT2D eigenvalue weighted by Crippen LogP contribution is -2.27.